The van der Waals surface area contributed by atoms with Crippen LogP contribution in [0.3, 0.4) is 0 Å². The van der Waals surface area contributed by atoms with Crippen molar-refractivity contribution in [3.05, 3.63) is 29.8 Å². The van der Waals surface area contributed by atoms with Crippen molar-refractivity contribution >= 4 is 19.8 Å². The van der Waals surface area contributed by atoms with Crippen molar-refractivity contribution in [1.29, 1.82) is 0 Å². The predicted octanol–water partition coefficient (Wildman–Crippen LogP) is 1.14. The average Bonchev–Trinajstić information content (AvgIpc) is 2.59. The summed E-state index contributed by atoms with van der Waals surface area (Å²) in [6, 6.07) is 8.58. The van der Waals surface area contributed by atoms with Gasteiger partial charge in [-0.1, -0.05) is 18.2 Å². The van der Waals surface area contributed by atoms with Gasteiger partial charge in [0.05, 0.1) is 5.56 Å². The molecule has 0 saturated heterocycles. The standard InChI is InChI=1S/C11H13NOP/c1-8-6-12-7-14-10-5-3-2-4-9(10)11(12)13-8/h2-5,8,14H,6-7H2,1H3/q+1. The van der Waals surface area contributed by atoms with Gasteiger partial charge >= 0.3 is 5.90 Å². The Labute approximate surface area is 85.4 Å². The molecule has 2 aliphatic rings. The third-order valence-electron chi connectivity index (χ3n) is 2.70. The van der Waals surface area contributed by atoms with Gasteiger partial charge in [0, 0.05) is 0 Å². The highest BCUT2D eigenvalue weighted by Crippen LogP contribution is 2.24. The molecule has 14 heavy (non-hydrogen) atoms. The Morgan fingerprint density at radius 2 is 2.29 bits per heavy atom. The van der Waals surface area contributed by atoms with Crippen molar-refractivity contribution in [3.8, 4) is 0 Å². The normalized spacial score (nSPS) is 25.9. The van der Waals surface area contributed by atoms with Crippen LogP contribution in [0.4, 0.5) is 0 Å². The lowest BCUT2D eigenvalue weighted by molar-refractivity contribution is -0.500. The summed E-state index contributed by atoms with van der Waals surface area (Å²) in [7, 11) is 0.901. The Morgan fingerprint density at radius 3 is 3.21 bits per heavy atom. The summed E-state index contributed by atoms with van der Waals surface area (Å²) >= 11 is 0. The molecule has 0 radical (unpaired) electrons. The number of nitrogens with zero attached hydrogens (tertiary/aromatic N) is 1. The molecule has 72 valence electrons. The molecule has 2 atom stereocenters. The second-order valence-corrected chi connectivity index (χ2v) is 5.04. The van der Waals surface area contributed by atoms with Gasteiger partial charge in [0.25, 0.3) is 0 Å². The van der Waals surface area contributed by atoms with Crippen LogP contribution in [0.15, 0.2) is 24.3 Å². The molecule has 3 heteroatoms. The van der Waals surface area contributed by atoms with Crippen molar-refractivity contribution in [2.45, 2.75) is 13.0 Å². The fraction of sp³-hybridized carbons (Fsp3) is 0.364. The van der Waals surface area contributed by atoms with Crippen molar-refractivity contribution in [3.63, 3.8) is 0 Å². The molecular weight excluding hydrogens is 193 g/mol. The molecule has 2 aliphatic heterocycles. The molecule has 0 bridgehead atoms. The van der Waals surface area contributed by atoms with Crippen LogP contribution in [-0.2, 0) is 4.74 Å². The van der Waals surface area contributed by atoms with Gasteiger partial charge in [-0.05, 0) is 26.9 Å². The fourth-order valence-electron chi connectivity index (χ4n) is 2.07. The molecule has 0 N–H and O–H groups in total. The molecule has 3 rings (SSSR count). The van der Waals surface area contributed by atoms with Crippen LogP contribution in [0, 0.1) is 0 Å². The maximum Gasteiger partial charge on any atom is 0.371 e. The molecule has 1 aromatic rings. The fourth-order valence-corrected chi connectivity index (χ4v) is 3.30. The SMILES string of the molecule is CC1C[N+]2=C(O1)c1ccccc1PC2. The van der Waals surface area contributed by atoms with Crippen LogP contribution in [0.2, 0.25) is 0 Å². The summed E-state index contributed by atoms with van der Waals surface area (Å²) < 4.78 is 8.21. The number of hydrogen-bond acceptors (Lipinski definition) is 1. The molecule has 0 aromatic heterocycles. The van der Waals surface area contributed by atoms with Crippen LogP contribution >= 0.6 is 8.58 Å². The van der Waals surface area contributed by atoms with E-state index in [0.29, 0.717) is 6.10 Å². The molecule has 1 aromatic carbocycles. The summed E-state index contributed by atoms with van der Waals surface area (Å²) in [6.07, 6.45) is 1.48. The first kappa shape index (κ1) is 8.43. The zero-order valence-electron chi connectivity index (χ0n) is 8.16. The zero-order chi connectivity index (χ0) is 9.54. The van der Waals surface area contributed by atoms with E-state index in [2.05, 4.69) is 35.8 Å². The Kier molecular flexibility index (Phi) is 1.84. The van der Waals surface area contributed by atoms with E-state index >= 15 is 0 Å². The minimum atomic E-state index is 0.348. The molecule has 0 amide bonds. The molecule has 0 fully saturated rings. The van der Waals surface area contributed by atoms with E-state index in [-0.39, 0.29) is 0 Å². The van der Waals surface area contributed by atoms with Crippen molar-refractivity contribution in [2.24, 2.45) is 0 Å². The molecule has 2 heterocycles. The lowest BCUT2D eigenvalue weighted by Crippen LogP contribution is -2.26. The van der Waals surface area contributed by atoms with Crippen molar-refractivity contribution in [2.75, 3.05) is 12.8 Å². The highest BCUT2D eigenvalue weighted by molar-refractivity contribution is 7.47. The van der Waals surface area contributed by atoms with E-state index in [1.165, 1.54) is 10.9 Å². The second kappa shape index (κ2) is 3.06. The number of rotatable bonds is 0. The van der Waals surface area contributed by atoms with Gasteiger partial charge in [0.1, 0.15) is 0 Å². The second-order valence-electron chi connectivity index (χ2n) is 3.84. The monoisotopic (exact) mass is 206 g/mol. The minimum Gasteiger partial charge on any atom is -0.434 e. The van der Waals surface area contributed by atoms with E-state index in [4.69, 9.17) is 4.74 Å². The molecule has 0 saturated carbocycles. The van der Waals surface area contributed by atoms with E-state index in [0.717, 1.165) is 27.3 Å². The first-order chi connectivity index (χ1) is 6.84. The van der Waals surface area contributed by atoms with Gasteiger partial charge in [0.2, 0.25) is 0 Å². The number of hydrogen-bond donors (Lipinski definition) is 0. The summed E-state index contributed by atoms with van der Waals surface area (Å²) in [5.41, 5.74) is 1.31. The van der Waals surface area contributed by atoms with Gasteiger partial charge in [-0.3, -0.25) is 0 Å². The van der Waals surface area contributed by atoms with E-state index in [1.807, 2.05) is 0 Å². The Hall–Kier alpha value is -0.880. The molecule has 2 nitrogen and oxygen atoms in total. The zero-order valence-corrected chi connectivity index (χ0v) is 9.16. The van der Waals surface area contributed by atoms with Gasteiger partial charge < -0.3 is 4.74 Å². The highest BCUT2D eigenvalue weighted by atomic mass is 31.1. The van der Waals surface area contributed by atoms with Crippen LogP contribution < -0.4 is 5.30 Å². The predicted molar refractivity (Wildman–Crippen MR) is 59.0 cm³/mol. The van der Waals surface area contributed by atoms with E-state index in [1.54, 1.807) is 0 Å². The first-order valence-corrected chi connectivity index (χ1v) is 6.17. The molecule has 0 spiro atoms. The first-order valence-electron chi connectivity index (χ1n) is 4.96. The molecule has 0 aliphatic carbocycles. The Morgan fingerprint density at radius 1 is 1.43 bits per heavy atom. The number of fused-ring (bicyclic) bond motifs is 2. The van der Waals surface area contributed by atoms with Crippen LogP contribution in [0.25, 0.3) is 0 Å². The summed E-state index contributed by atoms with van der Waals surface area (Å²) in [5, 5.41) is 1.45. The topological polar surface area (TPSA) is 12.2 Å². The van der Waals surface area contributed by atoms with Gasteiger partial charge in [-0.15, -0.1) is 0 Å². The maximum atomic E-state index is 5.84. The smallest absolute Gasteiger partial charge is 0.371 e. The largest absolute Gasteiger partial charge is 0.434 e. The third kappa shape index (κ3) is 1.18. The van der Waals surface area contributed by atoms with Crippen LogP contribution in [-0.4, -0.2) is 29.4 Å². The highest BCUT2D eigenvalue weighted by Gasteiger charge is 2.35. The summed E-state index contributed by atoms with van der Waals surface area (Å²) in [4.78, 5) is 0. The molecule has 2 unspecified atom stereocenters. The van der Waals surface area contributed by atoms with Gasteiger partial charge in [-0.2, -0.15) is 4.58 Å². The van der Waals surface area contributed by atoms with Crippen LogP contribution in [0.5, 0.6) is 0 Å². The lowest BCUT2D eigenvalue weighted by Gasteiger charge is -2.11. The van der Waals surface area contributed by atoms with Gasteiger partial charge in [-0.25, -0.2) is 0 Å². The lowest BCUT2D eigenvalue weighted by atomic mass is 10.2. The maximum absolute atomic E-state index is 5.84. The van der Waals surface area contributed by atoms with Gasteiger partial charge in [0.15, 0.2) is 18.9 Å². The summed E-state index contributed by atoms with van der Waals surface area (Å²) in [5.74, 6) is 1.10. The third-order valence-corrected chi connectivity index (χ3v) is 4.05. The van der Waals surface area contributed by atoms with E-state index in [9.17, 15) is 0 Å². The number of ether oxygens (including phenoxy) is 1. The number of benzene rings is 1. The Bertz CT molecular complexity index is 414. The Balaban J connectivity index is 2.11. The van der Waals surface area contributed by atoms with Crippen LogP contribution in [0.1, 0.15) is 12.5 Å². The quantitative estimate of drug-likeness (QED) is 0.458. The molecular formula is C11H13NOP+. The van der Waals surface area contributed by atoms with E-state index < -0.39 is 0 Å². The summed E-state index contributed by atoms with van der Waals surface area (Å²) in [6.45, 7) is 3.19. The van der Waals surface area contributed by atoms with Crippen molar-refractivity contribution in [1.82, 2.24) is 0 Å². The van der Waals surface area contributed by atoms with Crippen molar-refractivity contribution < 1.29 is 9.31 Å². The average molecular weight is 206 g/mol. The minimum absolute atomic E-state index is 0.348.